The van der Waals surface area contributed by atoms with Crippen molar-refractivity contribution in [2.45, 2.75) is 64.5 Å². The van der Waals surface area contributed by atoms with Gasteiger partial charge in [-0.3, -0.25) is 4.79 Å². The Hall–Kier alpha value is -1.95. The van der Waals surface area contributed by atoms with Crippen LogP contribution in [-0.4, -0.2) is 28.1 Å². The molecule has 0 atom stereocenters. The van der Waals surface area contributed by atoms with Crippen LogP contribution in [-0.2, 0) is 0 Å². The molecule has 0 unspecified atom stereocenters. The Morgan fingerprint density at radius 3 is 2.70 bits per heavy atom. The predicted molar refractivity (Wildman–Crippen MR) is 88.3 cm³/mol. The van der Waals surface area contributed by atoms with Gasteiger partial charge < -0.3 is 15.6 Å². The molecule has 2 aromatic heterocycles. The van der Waals surface area contributed by atoms with E-state index in [1.807, 2.05) is 26.8 Å². The van der Waals surface area contributed by atoms with Crippen molar-refractivity contribution in [3.63, 3.8) is 0 Å². The van der Waals surface area contributed by atoms with Crippen LogP contribution in [0.25, 0.3) is 11.1 Å². The van der Waals surface area contributed by atoms with Gasteiger partial charge in [-0.1, -0.05) is 19.0 Å². The van der Waals surface area contributed by atoms with Crippen molar-refractivity contribution in [1.82, 2.24) is 15.5 Å². The lowest BCUT2D eigenvalue weighted by Gasteiger charge is -2.27. The molecule has 1 fully saturated rings. The molecule has 1 aliphatic rings. The maximum atomic E-state index is 12.8. The van der Waals surface area contributed by atoms with Gasteiger partial charge in [0.05, 0.1) is 16.6 Å². The van der Waals surface area contributed by atoms with Gasteiger partial charge in [0, 0.05) is 17.8 Å². The smallest absolute Gasteiger partial charge is 0.259 e. The number of hydrogen-bond donors (Lipinski definition) is 2. The molecule has 1 amide bonds. The third-order valence-corrected chi connectivity index (χ3v) is 4.58. The van der Waals surface area contributed by atoms with Crippen LogP contribution in [0.15, 0.2) is 10.6 Å². The SMILES string of the molecule is Cc1noc2nc(C(C)C)cc(C(=O)NC3CCC(N)CC3)c12. The molecular formula is C17H24N4O2. The summed E-state index contributed by atoms with van der Waals surface area (Å²) in [7, 11) is 0. The molecule has 0 aromatic carbocycles. The number of carbonyl (C=O) groups excluding carboxylic acids is 1. The number of aromatic nitrogens is 2. The summed E-state index contributed by atoms with van der Waals surface area (Å²) >= 11 is 0. The van der Waals surface area contributed by atoms with Gasteiger partial charge in [0.25, 0.3) is 11.6 Å². The Balaban J connectivity index is 1.91. The standard InChI is InChI=1S/C17H24N4O2/c1-9(2)14-8-13(15-10(3)21-23-17(15)20-14)16(22)19-12-6-4-11(18)5-7-12/h8-9,11-12H,4-7,18H2,1-3H3,(H,19,22). The van der Waals surface area contributed by atoms with Crippen LogP contribution in [0.4, 0.5) is 0 Å². The average Bonchev–Trinajstić information content (AvgIpc) is 2.90. The Bertz CT molecular complexity index is 715. The van der Waals surface area contributed by atoms with E-state index < -0.39 is 0 Å². The number of nitrogens with one attached hydrogen (secondary N) is 1. The highest BCUT2D eigenvalue weighted by Gasteiger charge is 2.24. The summed E-state index contributed by atoms with van der Waals surface area (Å²) in [6.07, 6.45) is 3.78. The first kappa shape index (κ1) is 15.9. The monoisotopic (exact) mass is 316 g/mol. The quantitative estimate of drug-likeness (QED) is 0.908. The first-order valence-corrected chi connectivity index (χ1v) is 8.29. The summed E-state index contributed by atoms with van der Waals surface area (Å²) in [5.41, 5.74) is 8.50. The van der Waals surface area contributed by atoms with Crippen molar-refractivity contribution in [1.29, 1.82) is 0 Å². The van der Waals surface area contributed by atoms with Crippen LogP contribution < -0.4 is 11.1 Å². The second kappa shape index (κ2) is 6.28. The van der Waals surface area contributed by atoms with E-state index in [4.69, 9.17) is 10.3 Å². The minimum atomic E-state index is -0.0777. The summed E-state index contributed by atoms with van der Waals surface area (Å²) in [6.45, 7) is 5.92. The number of rotatable bonds is 3. The summed E-state index contributed by atoms with van der Waals surface area (Å²) in [4.78, 5) is 17.3. The highest BCUT2D eigenvalue weighted by atomic mass is 16.5. The van der Waals surface area contributed by atoms with Gasteiger partial charge in [-0.25, -0.2) is 4.98 Å². The first-order valence-electron chi connectivity index (χ1n) is 8.29. The minimum absolute atomic E-state index is 0.0777. The van der Waals surface area contributed by atoms with Gasteiger partial charge in [0.15, 0.2) is 0 Å². The number of nitrogens with two attached hydrogens (primary N) is 1. The number of nitrogens with zero attached hydrogens (tertiary/aromatic N) is 2. The molecule has 2 aromatic rings. The summed E-state index contributed by atoms with van der Waals surface area (Å²) in [5.74, 6) is 0.134. The summed E-state index contributed by atoms with van der Waals surface area (Å²) in [6, 6.07) is 2.32. The molecule has 0 radical (unpaired) electrons. The Labute approximate surface area is 135 Å². The van der Waals surface area contributed by atoms with Gasteiger partial charge >= 0.3 is 0 Å². The molecule has 3 N–H and O–H groups in total. The maximum absolute atomic E-state index is 12.8. The van der Waals surface area contributed by atoms with E-state index in [2.05, 4.69) is 15.5 Å². The molecule has 23 heavy (non-hydrogen) atoms. The van der Waals surface area contributed by atoms with Crippen LogP contribution in [0, 0.1) is 6.92 Å². The lowest BCUT2D eigenvalue weighted by molar-refractivity contribution is 0.0927. The fourth-order valence-corrected chi connectivity index (χ4v) is 3.12. The molecule has 6 nitrogen and oxygen atoms in total. The van der Waals surface area contributed by atoms with Gasteiger partial charge in [-0.15, -0.1) is 0 Å². The molecule has 1 aliphatic carbocycles. The number of carbonyl (C=O) groups is 1. The normalized spacial score (nSPS) is 21.8. The zero-order valence-electron chi connectivity index (χ0n) is 13.9. The molecule has 124 valence electrons. The third kappa shape index (κ3) is 3.22. The van der Waals surface area contributed by atoms with Gasteiger partial charge in [-0.2, -0.15) is 0 Å². The van der Waals surface area contributed by atoms with E-state index in [0.717, 1.165) is 31.4 Å². The molecule has 3 rings (SSSR count). The Kier molecular flexibility index (Phi) is 4.35. The number of amides is 1. The fourth-order valence-electron chi connectivity index (χ4n) is 3.12. The summed E-state index contributed by atoms with van der Waals surface area (Å²) in [5, 5.41) is 7.81. The van der Waals surface area contributed by atoms with Gasteiger partial charge in [0.1, 0.15) is 0 Å². The molecule has 0 spiro atoms. The van der Waals surface area contributed by atoms with E-state index in [0.29, 0.717) is 22.4 Å². The average molecular weight is 316 g/mol. The van der Waals surface area contributed by atoms with E-state index in [1.165, 1.54) is 0 Å². The molecular weight excluding hydrogens is 292 g/mol. The minimum Gasteiger partial charge on any atom is -0.349 e. The zero-order chi connectivity index (χ0) is 16.6. The van der Waals surface area contributed by atoms with Gasteiger partial charge in [0.2, 0.25) is 0 Å². The van der Waals surface area contributed by atoms with Gasteiger partial charge in [-0.05, 0) is 44.6 Å². The Morgan fingerprint density at radius 2 is 2.04 bits per heavy atom. The number of fused-ring (bicyclic) bond motifs is 1. The van der Waals surface area contributed by atoms with Crippen molar-refractivity contribution >= 4 is 17.0 Å². The van der Waals surface area contributed by atoms with Crippen molar-refractivity contribution in [3.05, 3.63) is 23.0 Å². The molecule has 6 heteroatoms. The number of hydrogen-bond acceptors (Lipinski definition) is 5. The van der Waals surface area contributed by atoms with Crippen molar-refractivity contribution in [3.8, 4) is 0 Å². The molecule has 0 saturated heterocycles. The highest BCUT2D eigenvalue weighted by Crippen LogP contribution is 2.26. The van der Waals surface area contributed by atoms with Crippen molar-refractivity contribution in [2.24, 2.45) is 5.73 Å². The topological polar surface area (TPSA) is 94.0 Å². The van der Waals surface area contributed by atoms with Crippen LogP contribution >= 0.6 is 0 Å². The fraction of sp³-hybridized carbons (Fsp3) is 0.588. The van der Waals surface area contributed by atoms with Crippen molar-refractivity contribution in [2.75, 3.05) is 0 Å². The van der Waals surface area contributed by atoms with Crippen LogP contribution in [0.1, 0.15) is 67.2 Å². The van der Waals surface area contributed by atoms with E-state index >= 15 is 0 Å². The number of aryl methyl sites for hydroxylation is 1. The molecule has 0 bridgehead atoms. The maximum Gasteiger partial charge on any atom is 0.259 e. The van der Waals surface area contributed by atoms with Crippen LogP contribution in [0.5, 0.6) is 0 Å². The molecule has 0 aliphatic heterocycles. The van der Waals surface area contributed by atoms with Crippen LogP contribution in [0.2, 0.25) is 0 Å². The van der Waals surface area contributed by atoms with Crippen molar-refractivity contribution < 1.29 is 9.32 Å². The number of pyridine rings is 1. The molecule has 2 heterocycles. The zero-order valence-corrected chi connectivity index (χ0v) is 13.9. The highest BCUT2D eigenvalue weighted by molar-refractivity contribution is 6.06. The Morgan fingerprint density at radius 1 is 1.35 bits per heavy atom. The lowest BCUT2D eigenvalue weighted by Crippen LogP contribution is -2.40. The van der Waals surface area contributed by atoms with Crippen LogP contribution in [0.3, 0.4) is 0 Å². The van der Waals surface area contributed by atoms with E-state index in [1.54, 1.807) is 0 Å². The third-order valence-electron chi connectivity index (χ3n) is 4.58. The van der Waals surface area contributed by atoms with E-state index in [-0.39, 0.29) is 23.9 Å². The second-order valence-corrected chi connectivity index (χ2v) is 6.78. The predicted octanol–water partition coefficient (Wildman–Crippen LogP) is 2.65. The largest absolute Gasteiger partial charge is 0.349 e. The molecule has 1 saturated carbocycles. The summed E-state index contributed by atoms with van der Waals surface area (Å²) < 4.78 is 5.28. The van der Waals surface area contributed by atoms with E-state index in [9.17, 15) is 4.79 Å². The first-order chi connectivity index (χ1) is 11.0. The lowest BCUT2D eigenvalue weighted by atomic mass is 9.91. The second-order valence-electron chi connectivity index (χ2n) is 6.78.